The lowest BCUT2D eigenvalue weighted by Crippen LogP contribution is -2.28. The zero-order valence-corrected chi connectivity index (χ0v) is 20.8. The van der Waals surface area contributed by atoms with Gasteiger partial charge in [-0.15, -0.1) is 0 Å². The molecule has 2 amide bonds. The van der Waals surface area contributed by atoms with E-state index in [1.54, 1.807) is 12.0 Å². The van der Waals surface area contributed by atoms with Crippen molar-refractivity contribution in [1.29, 1.82) is 0 Å². The standard InChI is InChI=1S/C29H33N3O3/c1-20(2)18-31(24-8-6-5-7-9-24)25-13-11-23(12-14-25)30-29(34)22-16-28(33)32(19-22)27-17-26(35-4)15-10-21(27)3/h5-15,17,20,22H,16,18-19H2,1-4H3,(H,30,34). The topological polar surface area (TPSA) is 61.9 Å². The van der Waals surface area contributed by atoms with Crippen LogP contribution in [0, 0.1) is 18.8 Å². The Morgan fingerprint density at radius 1 is 1.06 bits per heavy atom. The fourth-order valence-corrected chi connectivity index (χ4v) is 4.43. The third kappa shape index (κ3) is 5.65. The van der Waals surface area contributed by atoms with Crippen molar-refractivity contribution in [3.63, 3.8) is 0 Å². The maximum atomic E-state index is 13.0. The van der Waals surface area contributed by atoms with Crippen LogP contribution >= 0.6 is 0 Å². The smallest absolute Gasteiger partial charge is 0.229 e. The molecular weight excluding hydrogens is 438 g/mol. The van der Waals surface area contributed by atoms with Crippen molar-refractivity contribution >= 4 is 34.6 Å². The van der Waals surface area contributed by atoms with Crippen LogP contribution in [0.15, 0.2) is 72.8 Å². The number of anilines is 4. The molecular formula is C29H33N3O3. The maximum Gasteiger partial charge on any atom is 0.229 e. The van der Waals surface area contributed by atoms with E-state index in [0.29, 0.717) is 18.2 Å². The number of para-hydroxylation sites is 1. The van der Waals surface area contributed by atoms with E-state index in [1.165, 1.54) is 0 Å². The summed E-state index contributed by atoms with van der Waals surface area (Å²) in [4.78, 5) is 29.7. The Morgan fingerprint density at radius 3 is 2.40 bits per heavy atom. The molecule has 0 aliphatic carbocycles. The van der Waals surface area contributed by atoms with Gasteiger partial charge >= 0.3 is 0 Å². The molecule has 0 aromatic heterocycles. The average Bonchev–Trinajstić information content (AvgIpc) is 3.25. The van der Waals surface area contributed by atoms with Crippen LogP contribution in [0.1, 0.15) is 25.8 Å². The number of ether oxygens (including phenoxy) is 1. The molecule has 6 nitrogen and oxygen atoms in total. The number of methoxy groups -OCH3 is 1. The number of benzene rings is 3. The van der Waals surface area contributed by atoms with Crippen LogP contribution in [-0.4, -0.2) is 32.0 Å². The number of hydrogen-bond acceptors (Lipinski definition) is 4. The van der Waals surface area contributed by atoms with Gasteiger partial charge in [0.1, 0.15) is 5.75 Å². The van der Waals surface area contributed by atoms with Crippen LogP contribution in [0.2, 0.25) is 0 Å². The number of amides is 2. The Kier molecular flexibility index (Phi) is 7.39. The van der Waals surface area contributed by atoms with E-state index < -0.39 is 5.92 Å². The molecule has 4 rings (SSSR count). The summed E-state index contributed by atoms with van der Waals surface area (Å²) in [6.07, 6.45) is 0.191. The summed E-state index contributed by atoms with van der Waals surface area (Å²) in [5, 5.41) is 3.00. The van der Waals surface area contributed by atoms with Gasteiger partial charge < -0.3 is 19.9 Å². The van der Waals surface area contributed by atoms with E-state index in [9.17, 15) is 9.59 Å². The zero-order chi connectivity index (χ0) is 24.9. The summed E-state index contributed by atoms with van der Waals surface area (Å²) >= 11 is 0. The van der Waals surface area contributed by atoms with Crippen molar-refractivity contribution in [3.8, 4) is 5.75 Å². The van der Waals surface area contributed by atoms with Gasteiger partial charge in [-0.2, -0.15) is 0 Å². The first kappa shape index (κ1) is 24.3. The number of hydrogen-bond donors (Lipinski definition) is 1. The molecule has 0 bridgehead atoms. The second-order valence-corrected chi connectivity index (χ2v) is 9.43. The molecule has 1 aliphatic heterocycles. The van der Waals surface area contributed by atoms with Crippen molar-refractivity contribution in [3.05, 3.63) is 78.4 Å². The van der Waals surface area contributed by atoms with Gasteiger partial charge in [-0.05, 0) is 60.9 Å². The third-order valence-electron chi connectivity index (χ3n) is 6.27. The summed E-state index contributed by atoms with van der Waals surface area (Å²) in [6, 6.07) is 23.8. The minimum atomic E-state index is -0.408. The van der Waals surface area contributed by atoms with Crippen LogP contribution in [0.25, 0.3) is 0 Å². The third-order valence-corrected chi connectivity index (χ3v) is 6.27. The van der Waals surface area contributed by atoms with Crippen molar-refractivity contribution in [2.24, 2.45) is 11.8 Å². The predicted molar refractivity (Wildman–Crippen MR) is 142 cm³/mol. The Bertz CT molecular complexity index is 1180. The fourth-order valence-electron chi connectivity index (χ4n) is 4.43. The van der Waals surface area contributed by atoms with Gasteiger partial charge in [-0.25, -0.2) is 0 Å². The van der Waals surface area contributed by atoms with E-state index in [-0.39, 0.29) is 18.2 Å². The molecule has 0 radical (unpaired) electrons. The van der Waals surface area contributed by atoms with E-state index in [2.05, 4.69) is 36.2 Å². The normalized spacial score (nSPS) is 15.4. The van der Waals surface area contributed by atoms with Gasteiger partial charge in [-0.3, -0.25) is 9.59 Å². The van der Waals surface area contributed by atoms with Gasteiger partial charge in [0.05, 0.1) is 18.7 Å². The lowest BCUT2D eigenvalue weighted by Gasteiger charge is -2.27. The highest BCUT2D eigenvalue weighted by Gasteiger charge is 2.36. The van der Waals surface area contributed by atoms with E-state index in [1.807, 2.05) is 67.6 Å². The molecule has 1 atom stereocenters. The molecule has 1 heterocycles. The number of nitrogens with zero attached hydrogens (tertiary/aromatic N) is 2. The minimum absolute atomic E-state index is 0.0518. The van der Waals surface area contributed by atoms with Gasteiger partial charge in [-0.1, -0.05) is 38.1 Å². The molecule has 35 heavy (non-hydrogen) atoms. The average molecular weight is 472 g/mol. The van der Waals surface area contributed by atoms with Gasteiger partial charge in [0.2, 0.25) is 11.8 Å². The second kappa shape index (κ2) is 10.6. The summed E-state index contributed by atoms with van der Waals surface area (Å²) in [6.45, 7) is 7.59. The first-order chi connectivity index (χ1) is 16.9. The van der Waals surface area contributed by atoms with Crippen molar-refractivity contribution in [2.75, 3.05) is 35.3 Å². The highest BCUT2D eigenvalue weighted by Crippen LogP contribution is 2.32. The van der Waals surface area contributed by atoms with Crippen molar-refractivity contribution in [1.82, 2.24) is 0 Å². The fraction of sp³-hybridized carbons (Fsp3) is 0.310. The van der Waals surface area contributed by atoms with Gasteiger partial charge in [0.25, 0.3) is 0 Å². The Hall–Kier alpha value is -3.80. The zero-order valence-electron chi connectivity index (χ0n) is 20.8. The van der Waals surface area contributed by atoms with E-state index >= 15 is 0 Å². The molecule has 6 heteroatoms. The lowest BCUT2D eigenvalue weighted by atomic mass is 10.1. The van der Waals surface area contributed by atoms with Crippen LogP contribution in [0.4, 0.5) is 22.7 Å². The number of carbonyl (C=O) groups is 2. The van der Waals surface area contributed by atoms with E-state index in [4.69, 9.17) is 4.74 Å². The highest BCUT2D eigenvalue weighted by molar-refractivity contribution is 6.04. The highest BCUT2D eigenvalue weighted by atomic mass is 16.5. The lowest BCUT2D eigenvalue weighted by molar-refractivity contribution is -0.122. The van der Waals surface area contributed by atoms with E-state index in [0.717, 1.165) is 34.9 Å². The summed E-state index contributed by atoms with van der Waals surface area (Å²) in [7, 11) is 1.60. The molecule has 0 spiro atoms. The Labute approximate surface area is 207 Å². The molecule has 1 aliphatic rings. The molecule has 0 saturated carbocycles. The summed E-state index contributed by atoms with van der Waals surface area (Å²) < 4.78 is 5.31. The first-order valence-electron chi connectivity index (χ1n) is 12.0. The molecule has 1 unspecified atom stereocenters. The second-order valence-electron chi connectivity index (χ2n) is 9.43. The molecule has 3 aromatic rings. The van der Waals surface area contributed by atoms with Crippen LogP contribution in [0.3, 0.4) is 0 Å². The minimum Gasteiger partial charge on any atom is -0.497 e. The summed E-state index contributed by atoms with van der Waals surface area (Å²) in [5.41, 5.74) is 4.69. The first-order valence-corrected chi connectivity index (χ1v) is 12.0. The largest absolute Gasteiger partial charge is 0.497 e. The van der Waals surface area contributed by atoms with Crippen LogP contribution < -0.4 is 19.9 Å². The number of nitrogens with one attached hydrogen (secondary N) is 1. The van der Waals surface area contributed by atoms with Gasteiger partial charge in [0, 0.05) is 42.6 Å². The quantitative estimate of drug-likeness (QED) is 0.452. The van der Waals surface area contributed by atoms with Crippen molar-refractivity contribution in [2.45, 2.75) is 27.2 Å². The van der Waals surface area contributed by atoms with Gasteiger partial charge in [0.15, 0.2) is 0 Å². The predicted octanol–water partition coefficient (Wildman–Crippen LogP) is 5.79. The van der Waals surface area contributed by atoms with Crippen molar-refractivity contribution < 1.29 is 14.3 Å². The van der Waals surface area contributed by atoms with Crippen LogP contribution in [0.5, 0.6) is 5.75 Å². The SMILES string of the molecule is COc1ccc(C)c(N2CC(C(=O)Nc3ccc(N(CC(C)C)c4ccccc4)cc3)CC2=O)c1. The number of aryl methyl sites for hydroxylation is 1. The maximum absolute atomic E-state index is 13.0. The number of carbonyl (C=O) groups excluding carboxylic acids is 2. The monoisotopic (exact) mass is 471 g/mol. The molecule has 1 fully saturated rings. The Balaban J connectivity index is 1.44. The molecule has 182 valence electrons. The Morgan fingerprint density at radius 2 is 1.74 bits per heavy atom. The molecule has 3 aromatic carbocycles. The molecule has 1 N–H and O–H groups in total. The number of rotatable bonds is 8. The summed E-state index contributed by atoms with van der Waals surface area (Å²) in [5.74, 6) is 0.578. The molecule has 1 saturated heterocycles. The van der Waals surface area contributed by atoms with Crippen LogP contribution in [-0.2, 0) is 9.59 Å².